The van der Waals surface area contributed by atoms with E-state index in [1.807, 2.05) is 22.6 Å². The summed E-state index contributed by atoms with van der Waals surface area (Å²) < 4.78 is 26.5. The number of nitrogens with one attached hydrogen (secondary N) is 1. The zero-order valence-corrected chi connectivity index (χ0v) is 27.2. The van der Waals surface area contributed by atoms with Gasteiger partial charge in [-0.3, -0.25) is 9.59 Å². The van der Waals surface area contributed by atoms with Gasteiger partial charge in [0.15, 0.2) is 18.0 Å². The number of fused-ring (bicyclic) bond motifs is 2. The van der Waals surface area contributed by atoms with Crippen molar-refractivity contribution in [1.29, 1.82) is 0 Å². The lowest BCUT2D eigenvalue weighted by molar-refractivity contribution is -0.126. The summed E-state index contributed by atoms with van der Waals surface area (Å²) in [4.78, 5) is 60.0. The minimum atomic E-state index is -0.657. The number of alkyl carbamates (subject to hydrolysis) is 1. The molecule has 220 valence electrons. The van der Waals surface area contributed by atoms with Crippen LogP contribution in [0.1, 0.15) is 40.1 Å². The summed E-state index contributed by atoms with van der Waals surface area (Å²) in [6.45, 7) is 3.79. The maximum atomic E-state index is 12.4. The Hall–Kier alpha value is -3.15. The molecule has 2 aromatic carbocycles. The molecule has 0 aliphatic carbocycles. The van der Waals surface area contributed by atoms with Crippen molar-refractivity contribution in [3.05, 3.63) is 48.1 Å². The molecule has 2 heterocycles. The molecule has 0 aromatic heterocycles. The van der Waals surface area contributed by atoms with Crippen molar-refractivity contribution in [2.24, 2.45) is 0 Å². The molecule has 0 saturated heterocycles. The highest BCUT2D eigenvalue weighted by Crippen LogP contribution is 2.37. The van der Waals surface area contributed by atoms with Crippen LogP contribution in [0.15, 0.2) is 24.3 Å². The summed E-state index contributed by atoms with van der Waals surface area (Å²) in [6, 6.07) is 6.69. The molecular weight excluding hydrogens is 766 g/mol. The molecule has 4 rings (SSSR count). The second-order valence-electron chi connectivity index (χ2n) is 8.79. The summed E-state index contributed by atoms with van der Waals surface area (Å²) in [5, 5.41) is 2.52. The van der Waals surface area contributed by atoms with Gasteiger partial charge in [0.25, 0.3) is 5.91 Å². The Balaban J connectivity index is 0.000000239. The van der Waals surface area contributed by atoms with E-state index in [9.17, 15) is 24.0 Å². The highest BCUT2D eigenvalue weighted by atomic mass is 127. The molecular formula is C27H28I2N2O10. The van der Waals surface area contributed by atoms with Gasteiger partial charge in [-0.2, -0.15) is 0 Å². The van der Waals surface area contributed by atoms with E-state index in [2.05, 4.69) is 37.4 Å². The van der Waals surface area contributed by atoms with E-state index in [0.29, 0.717) is 38.3 Å². The second kappa shape index (κ2) is 14.2. The van der Waals surface area contributed by atoms with Crippen LogP contribution in [0, 0.1) is 7.14 Å². The molecule has 0 radical (unpaired) electrons. The first kappa shape index (κ1) is 32.4. The minimum absolute atomic E-state index is 0.0227. The molecule has 2 amide bonds. The number of nitrogens with zero attached hydrogens (tertiary/aromatic N) is 1. The molecule has 12 nitrogen and oxygen atoms in total. The number of amides is 2. The maximum Gasteiger partial charge on any atom is 0.406 e. The summed E-state index contributed by atoms with van der Waals surface area (Å²) in [5.41, 5.74) is 2.02. The molecule has 2 aliphatic heterocycles. The second-order valence-corrected chi connectivity index (χ2v) is 11.1. The van der Waals surface area contributed by atoms with Crippen molar-refractivity contribution in [3.8, 4) is 11.5 Å². The Kier molecular flexibility index (Phi) is 11.2. The van der Waals surface area contributed by atoms with Gasteiger partial charge in [0.1, 0.15) is 11.5 Å². The molecule has 1 N–H and O–H groups in total. The Morgan fingerprint density at radius 3 is 2.02 bits per heavy atom. The van der Waals surface area contributed by atoms with E-state index >= 15 is 0 Å². The predicted molar refractivity (Wildman–Crippen MR) is 163 cm³/mol. The van der Waals surface area contributed by atoms with E-state index in [-0.39, 0.29) is 24.8 Å². The summed E-state index contributed by atoms with van der Waals surface area (Å²) in [5.74, 6) is 0.0382. The third-order valence-electron chi connectivity index (χ3n) is 6.13. The number of hydrogen-bond donors (Lipinski definition) is 1. The van der Waals surface area contributed by atoms with E-state index in [1.54, 1.807) is 38.1 Å². The number of anilines is 1. The van der Waals surface area contributed by atoms with Crippen LogP contribution in [0.5, 0.6) is 11.5 Å². The van der Waals surface area contributed by atoms with Crippen molar-refractivity contribution >= 4 is 80.6 Å². The van der Waals surface area contributed by atoms with Gasteiger partial charge in [-0.05, 0) is 83.3 Å². The van der Waals surface area contributed by atoms with Gasteiger partial charge in [0, 0.05) is 32.2 Å². The number of carbonyl (C=O) groups is 5. The first-order chi connectivity index (χ1) is 19.4. The van der Waals surface area contributed by atoms with Crippen molar-refractivity contribution in [3.63, 3.8) is 0 Å². The third-order valence-corrected chi connectivity index (χ3v) is 7.91. The number of ketones is 1. The van der Waals surface area contributed by atoms with Crippen molar-refractivity contribution < 1.29 is 47.7 Å². The van der Waals surface area contributed by atoms with Crippen LogP contribution in [0.2, 0.25) is 0 Å². The van der Waals surface area contributed by atoms with Crippen molar-refractivity contribution in [2.45, 2.75) is 32.5 Å². The van der Waals surface area contributed by atoms with Gasteiger partial charge in [-0.1, -0.05) is 0 Å². The molecule has 0 unspecified atom stereocenters. The minimum Gasteiger partial charge on any atom is -0.483 e. The normalized spacial score (nSPS) is 17.0. The van der Waals surface area contributed by atoms with Crippen LogP contribution >= 0.6 is 45.2 Å². The zero-order valence-electron chi connectivity index (χ0n) is 22.9. The van der Waals surface area contributed by atoms with Crippen LogP contribution in [0.3, 0.4) is 0 Å². The molecule has 14 heteroatoms. The Bertz CT molecular complexity index is 1380. The lowest BCUT2D eigenvalue weighted by Crippen LogP contribution is -2.47. The van der Waals surface area contributed by atoms with E-state index in [0.717, 1.165) is 9.13 Å². The molecule has 2 aliphatic rings. The quantitative estimate of drug-likeness (QED) is 0.271. The van der Waals surface area contributed by atoms with Crippen LogP contribution < -0.4 is 19.7 Å². The number of benzene rings is 2. The SMILES string of the molecule is COC(=O)NCCN1C(=O)[C@@H](C)Oc2cc(I)c(C(=O)OC)cc21.COC(=O)c1cc2c(cc1I)O[C@H](C)C(=O)C2. The lowest BCUT2D eigenvalue weighted by Gasteiger charge is -2.33. The predicted octanol–water partition coefficient (Wildman–Crippen LogP) is 3.52. The number of rotatable bonds is 5. The van der Waals surface area contributed by atoms with Crippen LogP contribution in [-0.4, -0.2) is 76.3 Å². The first-order valence-electron chi connectivity index (χ1n) is 12.2. The van der Waals surface area contributed by atoms with Crippen LogP contribution in [0.4, 0.5) is 10.5 Å². The molecule has 0 fully saturated rings. The Morgan fingerprint density at radius 2 is 1.44 bits per heavy atom. The molecule has 41 heavy (non-hydrogen) atoms. The average molecular weight is 794 g/mol. The van der Waals surface area contributed by atoms with Crippen LogP contribution in [0.25, 0.3) is 0 Å². The highest BCUT2D eigenvalue weighted by Gasteiger charge is 2.33. The van der Waals surface area contributed by atoms with Gasteiger partial charge in [-0.15, -0.1) is 0 Å². The number of methoxy groups -OCH3 is 3. The molecule has 2 atom stereocenters. The molecule has 0 saturated carbocycles. The van der Waals surface area contributed by atoms with E-state index in [1.165, 1.54) is 26.2 Å². The fraction of sp³-hybridized carbons (Fsp3) is 0.370. The van der Waals surface area contributed by atoms with Crippen molar-refractivity contribution in [1.82, 2.24) is 5.32 Å². The van der Waals surface area contributed by atoms with Gasteiger partial charge in [-0.25, -0.2) is 14.4 Å². The summed E-state index contributed by atoms with van der Waals surface area (Å²) in [6.07, 6.45) is -1.35. The van der Waals surface area contributed by atoms with Crippen LogP contribution in [-0.2, 0) is 30.2 Å². The van der Waals surface area contributed by atoms with Crippen molar-refractivity contribution in [2.75, 3.05) is 39.3 Å². The first-order valence-corrected chi connectivity index (χ1v) is 14.4. The monoisotopic (exact) mass is 794 g/mol. The number of halogens is 2. The van der Waals surface area contributed by atoms with Gasteiger partial charge in [0.2, 0.25) is 0 Å². The number of hydrogen-bond acceptors (Lipinski definition) is 10. The molecule has 0 bridgehead atoms. The largest absolute Gasteiger partial charge is 0.483 e. The van der Waals surface area contributed by atoms with Gasteiger partial charge >= 0.3 is 18.0 Å². The molecule has 0 spiro atoms. The Morgan fingerprint density at radius 1 is 0.878 bits per heavy atom. The standard InChI is InChI=1S/C15H17IN2O6.C12H11IO4/c1-8-13(19)18(5-4-17-15(21)23-3)11-6-9(14(20)22-2)10(16)7-12(11)24-8;1-6-10(14)4-7-3-8(12(15)16-2)9(13)5-11(7)17-6/h6-8H,4-5H2,1-3H3,(H,17,21);3,5-6H,4H2,1-2H3/t8-;6-/m11/s1. The summed E-state index contributed by atoms with van der Waals surface area (Å²) in [7, 11) is 3.89. The van der Waals surface area contributed by atoms with E-state index < -0.39 is 30.2 Å². The van der Waals surface area contributed by atoms with Gasteiger partial charge < -0.3 is 33.9 Å². The number of ether oxygens (including phenoxy) is 5. The number of Topliss-reactive ketones (excluding diaryl/α,β-unsaturated/α-hetero) is 1. The molecule has 2 aromatic rings. The average Bonchev–Trinajstić information content (AvgIpc) is 2.94. The fourth-order valence-corrected chi connectivity index (χ4v) is 5.29. The van der Waals surface area contributed by atoms with E-state index in [4.69, 9.17) is 14.2 Å². The maximum absolute atomic E-state index is 12.4. The highest BCUT2D eigenvalue weighted by molar-refractivity contribution is 14.1. The Labute approximate surface area is 263 Å². The number of carbonyl (C=O) groups excluding carboxylic acids is 5. The number of esters is 2. The fourth-order valence-electron chi connectivity index (χ4n) is 3.97. The topological polar surface area (TPSA) is 147 Å². The summed E-state index contributed by atoms with van der Waals surface area (Å²) >= 11 is 4.06. The lowest BCUT2D eigenvalue weighted by atomic mass is 9.99. The third kappa shape index (κ3) is 7.58. The van der Waals surface area contributed by atoms with Gasteiger partial charge in [0.05, 0.1) is 38.1 Å². The smallest absolute Gasteiger partial charge is 0.406 e. The zero-order chi connectivity index (χ0) is 30.4.